The molecule has 1 heterocycles. The highest BCUT2D eigenvalue weighted by Crippen LogP contribution is 2.21. The van der Waals surface area contributed by atoms with E-state index in [2.05, 4.69) is 10.3 Å². The molecule has 0 aliphatic rings. The average molecular weight is 284 g/mol. The van der Waals surface area contributed by atoms with Gasteiger partial charge in [0.15, 0.2) is 5.69 Å². The third kappa shape index (κ3) is 2.58. The van der Waals surface area contributed by atoms with E-state index < -0.39 is 11.8 Å². The number of halogens is 2. The molecule has 0 aliphatic heterocycles. The van der Waals surface area contributed by atoms with E-state index >= 15 is 0 Å². The van der Waals surface area contributed by atoms with Crippen LogP contribution in [0.3, 0.4) is 0 Å². The Kier molecular flexibility index (Phi) is 3.80. The molecule has 0 fully saturated rings. The molecule has 2 rings (SSSR count). The molecule has 0 saturated carbocycles. The van der Waals surface area contributed by atoms with Gasteiger partial charge in [0.05, 0.1) is 17.3 Å². The van der Waals surface area contributed by atoms with E-state index in [4.69, 9.17) is 16.7 Å². The molecular weight excluding hydrogens is 273 g/mol. The summed E-state index contributed by atoms with van der Waals surface area (Å²) < 4.78 is 14.7. The molecule has 0 bridgehead atoms. The van der Waals surface area contributed by atoms with Crippen molar-refractivity contribution in [3.05, 3.63) is 46.0 Å². The number of hydrogen-bond donors (Lipinski definition) is 1. The van der Waals surface area contributed by atoms with E-state index in [9.17, 15) is 9.18 Å². The topological polar surface area (TPSA) is 68.0 Å². The minimum Gasteiger partial charge on any atom is -0.476 e. The van der Waals surface area contributed by atoms with Crippen molar-refractivity contribution in [1.29, 1.82) is 0 Å². The Morgan fingerprint density at radius 2 is 2.26 bits per heavy atom. The summed E-state index contributed by atoms with van der Waals surface area (Å²) in [5.41, 5.74) is 0.918. The number of rotatable bonds is 4. The molecule has 0 atom stereocenters. The van der Waals surface area contributed by atoms with Crippen LogP contribution in [-0.4, -0.2) is 26.1 Å². The second-order valence-electron chi connectivity index (χ2n) is 3.91. The van der Waals surface area contributed by atoms with E-state index in [1.165, 1.54) is 16.8 Å². The van der Waals surface area contributed by atoms with Gasteiger partial charge in [-0.1, -0.05) is 35.9 Å². The number of aromatic nitrogens is 3. The number of aromatic carboxylic acids is 1. The van der Waals surface area contributed by atoms with Gasteiger partial charge in [0.25, 0.3) is 0 Å². The van der Waals surface area contributed by atoms with Crippen molar-refractivity contribution < 1.29 is 14.3 Å². The van der Waals surface area contributed by atoms with Crippen LogP contribution in [0, 0.1) is 5.82 Å². The zero-order chi connectivity index (χ0) is 14.0. The predicted octanol–water partition coefficient (Wildman–Crippen LogP) is 2.38. The fraction of sp³-hybridized carbons (Fsp3) is 0.250. The SMILES string of the molecule is CCc1c(C(=O)O)nnn1Cc1cccc(F)c1Cl. The highest BCUT2D eigenvalue weighted by Gasteiger charge is 2.18. The number of carboxylic acids is 1. The summed E-state index contributed by atoms with van der Waals surface area (Å²) in [5.74, 6) is -1.65. The zero-order valence-corrected chi connectivity index (χ0v) is 10.9. The van der Waals surface area contributed by atoms with Crippen LogP contribution in [0.5, 0.6) is 0 Å². The van der Waals surface area contributed by atoms with Gasteiger partial charge in [0, 0.05) is 0 Å². The predicted molar refractivity (Wildman–Crippen MR) is 66.9 cm³/mol. The Hall–Kier alpha value is -1.95. The van der Waals surface area contributed by atoms with Crippen LogP contribution in [0.1, 0.15) is 28.7 Å². The second kappa shape index (κ2) is 5.36. The summed E-state index contributed by atoms with van der Waals surface area (Å²) in [4.78, 5) is 11.0. The lowest BCUT2D eigenvalue weighted by Gasteiger charge is -2.07. The van der Waals surface area contributed by atoms with E-state index in [1.807, 2.05) is 0 Å². The van der Waals surface area contributed by atoms with Crippen LogP contribution < -0.4 is 0 Å². The van der Waals surface area contributed by atoms with Gasteiger partial charge < -0.3 is 5.11 Å². The minimum absolute atomic E-state index is 0.0110. The van der Waals surface area contributed by atoms with Crippen LogP contribution in [0.15, 0.2) is 18.2 Å². The average Bonchev–Trinajstić information content (AvgIpc) is 2.78. The van der Waals surface area contributed by atoms with Crippen molar-refractivity contribution in [3.8, 4) is 0 Å². The van der Waals surface area contributed by atoms with E-state index in [0.717, 1.165) is 0 Å². The van der Waals surface area contributed by atoms with E-state index in [-0.39, 0.29) is 17.3 Å². The number of nitrogens with zero attached hydrogens (tertiary/aromatic N) is 3. The molecule has 100 valence electrons. The first kappa shape index (κ1) is 13.5. The maximum atomic E-state index is 13.3. The van der Waals surface area contributed by atoms with Crippen molar-refractivity contribution in [2.75, 3.05) is 0 Å². The summed E-state index contributed by atoms with van der Waals surface area (Å²) in [6.45, 7) is 1.98. The van der Waals surface area contributed by atoms with Crippen LogP contribution in [0.2, 0.25) is 5.02 Å². The van der Waals surface area contributed by atoms with Gasteiger partial charge in [0.2, 0.25) is 0 Å². The molecule has 1 N–H and O–H groups in total. The fourth-order valence-electron chi connectivity index (χ4n) is 1.81. The molecule has 0 radical (unpaired) electrons. The summed E-state index contributed by atoms with van der Waals surface area (Å²) in [6, 6.07) is 4.46. The molecule has 0 unspecified atom stereocenters. The first-order chi connectivity index (χ1) is 9.04. The Bertz CT molecular complexity index is 627. The van der Waals surface area contributed by atoms with Gasteiger partial charge in [-0.3, -0.25) is 0 Å². The van der Waals surface area contributed by atoms with Gasteiger partial charge in [-0.2, -0.15) is 0 Å². The number of carboxylic acid groups (broad SMARTS) is 1. The lowest BCUT2D eigenvalue weighted by atomic mass is 10.2. The second-order valence-corrected chi connectivity index (χ2v) is 4.29. The molecule has 19 heavy (non-hydrogen) atoms. The molecule has 0 spiro atoms. The van der Waals surface area contributed by atoms with Gasteiger partial charge in [-0.15, -0.1) is 5.10 Å². The van der Waals surface area contributed by atoms with Crippen molar-refractivity contribution in [2.45, 2.75) is 19.9 Å². The Morgan fingerprint density at radius 1 is 1.53 bits per heavy atom. The first-order valence-corrected chi connectivity index (χ1v) is 6.01. The lowest BCUT2D eigenvalue weighted by Crippen LogP contribution is -2.09. The van der Waals surface area contributed by atoms with Gasteiger partial charge >= 0.3 is 5.97 Å². The molecule has 0 amide bonds. The van der Waals surface area contributed by atoms with Crippen LogP contribution in [-0.2, 0) is 13.0 Å². The maximum Gasteiger partial charge on any atom is 0.358 e. The molecule has 7 heteroatoms. The number of hydrogen-bond acceptors (Lipinski definition) is 3. The Balaban J connectivity index is 2.39. The van der Waals surface area contributed by atoms with Gasteiger partial charge in [-0.05, 0) is 18.1 Å². The quantitative estimate of drug-likeness (QED) is 0.935. The van der Waals surface area contributed by atoms with Gasteiger partial charge in [0.1, 0.15) is 5.82 Å². The standard InChI is InChI=1S/C12H11ClFN3O2/c1-2-9-11(12(18)19)15-16-17(9)6-7-4-3-5-8(14)10(7)13/h3-5H,2,6H2,1H3,(H,18,19). The Morgan fingerprint density at radius 3 is 2.89 bits per heavy atom. The molecule has 0 saturated heterocycles. The Labute approximate surface area is 113 Å². The molecule has 2 aromatic rings. The third-order valence-corrected chi connectivity index (χ3v) is 3.15. The van der Waals surface area contributed by atoms with Crippen LogP contribution >= 0.6 is 11.6 Å². The number of benzene rings is 1. The van der Waals surface area contributed by atoms with Crippen molar-refractivity contribution in [2.24, 2.45) is 0 Å². The minimum atomic E-state index is -1.13. The smallest absolute Gasteiger partial charge is 0.358 e. The lowest BCUT2D eigenvalue weighted by molar-refractivity contribution is 0.0689. The summed E-state index contributed by atoms with van der Waals surface area (Å²) in [7, 11) is 0. The van der Waals surface area contributed by atoms with Crippen molar-refractivity contribution >= 4 is 17.6 Å². The molecule has 1 aromatic carbocycles. The fourth-order valence-corrected chi connectivity index (χ4v) is 1.99. The summed E-state index contributed by atoms with van der Waals surface area (Å²) in [6.07, 6.45) is 0.460. The molecule has 5 nitrogen and oxygen atoms in total. The number of carbonyl (C=O) groups is 1. The van der Waals surface area contributed by atoms with Crippen molar-refractivity contribution in [3.63, 3.8) is 0 Å². The largest absolute Gasteiger partial charge is 0.476 e. The third-order valence-electron chi connectivity index (χ3n) is 2.73. The summed E-state index contributed by atoms with van der Waals surface area (Å²) >= 11 is 5.86. The van der Waals surface area contributed by atoms with Crippen molar-refractivity contribution in [1.82, 2.24) is 15.0 Å². The maximum absolute atomic E-state index is 13.3. The highest BCUT2D eigenvalue weighted by atomic mass is 35.5. The van der Waals surface area contributed by atoms with Crippen LogP contribution in [0.4, 0.5) is 4.39 Å². The zero-order valence-electron chi connectivity index (χ0n) is 10.1. The molecule has 1 aromatic heterocycles. The van der Waals surface area contributed by atoms with E-state index in [1.54, 1.807) is 13.0 Å². The molecular formula is C12H11ClFN3O2. The monoisotopic (exact) mass is 283 g/mol. The molecule has 0 aliphatic carbocycles. The normalized spacial score (nSPS) is 10.7. The van der Waals surface area contributed by atoms with E-state index in [0.29, 0.717) is 17.7 Å². The van der Waals surface area contributed by atoms with Gasteiger partial charge in [-0.25, -0.2) is 13.9 Å². The van der Waals surface area contributed by atoms with Crippen LogP contribution in [0.25, 0.3) is 0 Å². The summed E-state index contributed by atoms with van der Waals surface area (Å²) in [5, 5.41) is 16.4. The first-order valence-electron chi connectivity index (χ1n) is 5.63. The highest BCUT2D eigenvalue weighted by molar-refractivity contribution is 6.31.